The van der Waals surface area contributed by atoms with E-state index in [1.807, 2.05) is 30.3 Å². The first-order valence-electron chi connectivity index (χ1n) is 4.68. The van der Waals surface area contributed by atoms with Crippen molar-refractivity contribution < 1.29 is 9.53 Å². The molecule has 0 saturated heterocycles. The quantitative estimate of drug-likeness (QED) is 0.731. The van der Waals surface area contributed by atoms with E-state index in [0.717, 1.165) is 5.56 Å². The van der Waals surface area contributed by atoms with Crippen LogP contribution >= 0.6 is 0 Å². The lowest BCUT2D eigenvalue weighted by molar-refractivity contribution is -0.136. The van der Waals surface area contributed by atoms with Gasteiger partial charge in [-0.2, -0.15) is 0 Å². The predicted octanol–water partition coefficient (Wildman–Crippen LogP) is 2.22. The van der Waals surface area contributed by atoms with E-state index >= 15 is 0 Å². The van der Waals surface area contributed by atoms with Crippen molar-refractivity contribution in [3.05, 3.63) is 35.9 Å². The van der Waals surface area contributed by atoms with Crippen LogP contribution in [0.15, 0.2) is 30.3 Å². The molecule has 0 atom stereocenters. The summed E-state index contributed by atoms with van der Waals surface area (Å²) in [6.07, 6.45) is 0.432. The van der Waals surface area contributed by atoms with Crippen LogP contribution in [0.3, 0.4) is 0 Å². The van der Waals surface area contributed by atoms with Gasteiger partial charge < -0.3 is 4.74 Å². The molecule has 0 fully saturated rings. The lowest BCUT2D eigenvalue weighted by Crippen LogP contribution is -2.35. The number of benzene rings is 1. The molecule has 0 amide bonds. The SMILES string of the molecule is COC(C)(C)C(=O)Cc1ccccc1. The van der Waals surface area contributed by atoms with Crippen LogP contribution in [0.25, 0.3) is 0 Å². The maximum absolute atomic E-state index is 11.7. The number of ether oxygens (including phenoxy) is 1. The second-order valence-corrected chi connectivity index (χ2v) is 3.80. The van der Waals surface area contributed by atoms with E-state index in [9.17, 15) is 4.79 Å². The first kappa shape index (κ1) is 10.9. The minimum absolute atomic E-state index is 0.103. The van der Waals surface area contributed by atoms with E-state index in [-0.39, 0.29) is 5.78 Å². The fourth-order valence-corrected chi connectivity index (χ4v) is 1.11. The fourth-order valence-electron chi connectivity index (χ4n) is 1.11. The summed E-state index contributed by atoms with van der Waals surface area (Å²) in [6, 6.07) is 9.70. The summed E-state index contributed by atoms with van der Waals surface area (Å²) in [7, 11) is 1.56. The first-order valence-corrected chi connectivity index (χ1v) is 4.68. The molecule has 0 aliphatic heterocycles. The molecule has 1 aromatic carbocycles. The molecule has 0 N–H and O–H groups in total. The third-order valence-corrected chi connectivity index (χ3v) is 2.39. The number of hydrogen-bond acceptors (Lipinski definition) is 2. The molecular weight excluding hydrogens is 176 g/mol. The van der Waals surface area contributed by atoms with Crippen molar-refractivity contribution in [3.8, 4) is 0 Å². The Labute approximate surface area is 84.9 Å². The van der Waals surface area contributed by atoms with Gasteiger partial charge in [-0.15, -0.1) is 0 Å². The summed E-state index contributed by atoms with van der Waals surface area (Å²) in [5, 5.41) is 0. The average Bonchev–Trinajstić information content (AvgIpc) is 2.19. The van der Waals surface area contributed by atoms with Crippen LogP contribution in [0.1, 0.15) is 19.4 Å². The third kappa shape index (κ3) is 2.67. The van der Waals surface area contributed by atoms with Gasteiger partial charge in [0.15, 0.2) is 5.78 Å². The highest BCUT2D eigenvalue weighted by Gasteiger charge is 2.26. The molecule has 0 bridgehead atoms. The van der Waals surface area contributed by atoms with Gasteiger partial charge in [0, 0.05) is 13.5 Å². The van der Waals surface area contributed by atoms with Gasteiger partial charge in [0.05, 0.1) is 0 Å². The van der Waals surface area contributed by atoms with Gasteiger partial charge in [-0.05, 0) is 19.4 Å². The predicted molar refractivity (Wildman–Crippen MR) is 56.2 cm³/mol. The van der Waals surface area contributed by atoms with Crippen LogP contribution < -0.4 is 0 Å². The molecule has 0 aromatic heterocycles. The number of carbonyl (C=O) groups excluding carboxylic acids is 1. The minimum atomic E-state index is -0.685. The van der Waals surface area contributed by atoms with E-state index in [1.165, 1.54) is 0 Å². The molecule has 1 aromatic rings. The van der Waals surface area contributed by atoms with Gasteiger partial charge in [0.25, 0.3) is 0 Å². The normalized spacial score (nSPS) is 11.4. The Morgan fingerprint density at radius 1 is 1.29 bits per heavy atom. The van der Waals surface area contributed by atoms with Gasteiger partial charge in [0.2, 0.25) is 0 Å². The highest BCUT2D eigenvalue weighted by atomic mass is 16.5. The van der Waals surface area contributed by atoms with E-state index in [2.05, 4.69) is 0 Å². The second kappa shape index (κ2) is 4.38. The van der Waals surface area contributed by atoms with E-state index < -0.39 is 5.60 Å². The molecule has 0 aliphatic carbocycles. The lowest BCUT2D eigenvalue weighted by atomic mass is 9.97. The number of rotatable bonds is 4. The average molecular weight is 192 g/mol. The zero-order chi connectivity index (χ0) is 10.6. The van der Waals surface area contributed by atoms with Crippen molar-refractivity contribution in [1.82, 2.24) is 0 Å². The molecule has 1 rings (SSSR count). The van der Waals surface area contributed by atoms with Crippen molar-refractivity contribution in [2.75, 3.05) is 7.11 Å². The first-order chi connectivity index (χ1) is 6.56. The Kier molecular flexibility index (Phi) is 3.42. The minimum Gasteiger partial charge on any atom is -0.371 e. The second-order valence-electron chi connectivity index (χ2n) is 3.80. The summed E-state index contributed by atoms with van der Waals surface area (Å²) >= 11 is 0. The molecule has 0 unspecified atom stereocenters. The summed E-state index contributed by atoms with van der Waals surface area (Å²) in [4.78, 5) is 11.7. The molecule has 0 aliphatic rings. The van der Waals surface area contributed by atoms with Crippen LogP contribution in [0.5, 0.6) is 0 Å². The van der Waals surface area contributed by atoms with Crippen LogP contribution in [-0.2, 0) is 16.0 Å². The number of ketones is 1. The Bertz CT molecular complexity index is 301. The number of methoxy groups -OCH3 is 1. The molecule has 0 heterocycles. The number of Topliss-reactive ketones (excluding diaryl/α,β-unsaturated/α-hetero) is 1. The highest BCUT2D eigenvalue weighted by molar-refractivity contribution is 5.88. The summed E-state index contributed by atoms with van der Waals surface area (Å²) < 4.78 is 5.12. The Balaban J connectivity index is 2.67. The summed E-state index contributed by atoms with van der Waals surface area (Å²) in [5.74, 6) is 0.103. The summed E-state index contributed by atoms with van der Waals surface area (Å²) in [6.45, 7) is 3.58. The zero-order valence-corrected chi connectivity index (χ0v) is 8.91. The molecule has 14 heavy (non-hydrogen) atoms. The molecule has 0 spiro atoms. The Hall–Kier alpha value is -1.15. The number of carbonyl (C=O) groups is 1. The maximum atomic E-state index is 11.7. The smallest absolute Gasteiger partial charge is 0.168 e. The van der Waals surface area contributed by atoms with Crippen molar-refractivity contribution in [2.24, 2.45) is 0 Å². The van der Waals surface area contributed by atoms with Crippen molar-refractivity contribution in [1.29, 1.82) is 0 Å². The van der Waals surface area contributed by atoms with Crippen LogP contribution in [0, 0.1) is 0 Å². The third-order valence-electron chi connectivity index (χ3n) is 2.39. The zero-order valence-electron chi connectivity index (χ0n) is 8.91. The standard InChI is InChI=1S/C12H16O2/c1-12(2,14-3)11(13)9-10-7-5-4-6-8-10/h4-8H,9H2,1-3H3. The fraction of sp³-hybridized carbons (Fsp3) is 0.417. The molecule has 0 radical (unpaired) electrons. The van der Waals surface area contributed by atoms with E-state index in [4.69, 9.17) is 4.74 Å². The summed E-state index contributed by atoms with van der Waals surface area (Å²) in [5.41, 5.74) is 0.346. The van der Waals surface area contributed by atoms with Crippen molar-refractivity contribution in [3.63, 3.8) is 0 Å². The van der Waals surface area contributed by atoms with Gasteiger partial charge in [-0.3, -0.25) is 4.79 Å². The van der Waals surface area contributed by atoms with Crippen LogP contribution in [0.4, 0.5) is 0 Å². The van der Waals surface area contributed by atoms with Crippen molar-refractivity contribution in [2.45, 2.75) is 25.9 Å². The molecule has 2 heteroatoms. The van der Waals surface area contributed by atoms with Gasteiger partial charge in [-0.25, -0.2) is 0 Å². The molecule has 0 saturated carbocycles. The van der Waals surface area contributed by atoms with Gasteiger partial charge in [-0.1, -0.05) is 30.3 Å². The molecular formula is C12H16O2. The number of hydrogen-bond donors (Lipinski definition) is 0. The molecule has 2 nitrogen and oxygen atoms in total. The van der Waals surface area contributed by atoms with Gasteiger partial charge in [0.1, 0.15) is 5.60 Å². The van der Waals surface area contributed by atoms with Gasteiger partial charge >= 0.3 is 0 Å². The maximum Gasteiger partial charge on any atom is 0.168 e. The highest BCUT2D eigenvalue weighted by Crippen LogP contribution is 2.12. The topological polar surface area (TPSA) is 26.3 Å². The Morgan fingerprint density at radius 3 is 2.36 bits per heavy atom. The van der Waals surface area contributed by atoms with E-state index in [0.29, 0.717) is 6.42 Å². The monoisotopic (exact) mass is 192 g/mol. The largest absolute Gasteiger partial charge is 0.371 e. The lowest BCUT2D eigenvalue weighted by Gasteiger charge is -2.20. The van der Waals surface area contributed by atoms with E-state index in [1.54, 1.807) is 21.0 Å². The van der Waals surface area contributed by atoms with Crippen LogP contribution in [0.2, 0.25) is 0 Å². The van der Waals surface area contributed by atoms with Crippen molar-refractivity contribution >= 4 is 5.78 Å². The molecule has 76 valence electrons. The Morgan fingerprint density at radius 2 is 1.86 bits per heavy atom. The van der Waals surface area contributed by atoms with Crippen LogP contribution in [-0.4, -0.2) is 18.5 Å².